The van der Waals surface area contributed by atoms with E-state index < -0.39 is 10.4 Å². The van der Waals surface area contributed by atoms with Crippen LogP contribution in [0.3, 0.4) is 0 Å². The summed E-state index contributed by atoms with van der Waals surface area (Å²) in [4.78, 5) is 14.6. The zero-order chi connectivity index (χ0) is 16.9. The average molecular weight is 366 g/mol. The van der Waals surface area contributed by atoms with Gasteiger partial charge in [-0.1, -0.05) is 36.4 Å². The number of amides is 1. The van der Waals surface area contributed by atoms with E-state index in [2.05, 4.69) is 18.7 Å². The Hall–Kier alpha value is -1.03. The molecule has 0 saturated carbocycles. The third-order valence-corrected chi connectivity index (χ3v) is 6.54. The highest BCUT2D eigenvalue weighted by Gasteiger charge is 2.70. The number of alkyl halides is 2. The summed E-state index contributed by atoms with van der Waals surface area (Å²) in [6.07, 6.45) is 4.11. The van der Waals surface area contributed by atoms with Crippen molar-refractivity contribution in [3.05, 3.63) is 48.6 Å². The first kappa shape index (κ1) is 16.4. The number of fused-ring (bicyclic) bond motifs is 1. The molecular formula is C19H21Cl2NO2. The fourth-order valence-corrected chi connectivity index (χ4v) is 5.38. The lowest BCUT2D eigenvalue weighted by Gasteiger charge is -2.34. The SMILES string of the molecule is C=CC[C@@H]1N(Cc2ccccc2)C(=O)[C@H]2C[C@H]3O[C@]21C[C@@H]3C(Cl)Cl. The van der Waals surface area contributed by atoms with Crippen molar-refractivity contribution in [3.63, 3.8) is 0 Å². The number of ether oxygens (including phenoxy) is 1. The summed E-state index contributed by atoms with van der Waals surface area (Å²) < 4.78 is 6.38. The van der Waals surface area contributed by atoms with E-state index in [9.17, 15) is 4.79 Å². The van der Waals surface area contributed by atoms with E-state index in [0.717, 1.165) is 24.8 Å². The van der Waals surface area contributed by atoms with E-state index in [1.54, 1.807) is 0 Å². The first-order valence-corrected chi connectivity index (χ1v) is 9.35. The van der Waals surface area contributed by atoms with Crippen molar-refractivity contribution >= 4 is 29.1 Å². The lowest BCUT2D eigenvalue weighted by atomic mass is 9.72. The van der Waals surface area contributed by atoms with Crippen molar-refractivity contribution in [2.24, 2.45) is 11.8 Å². The molecule has 1 aromatic carbocycles. The molecule has 3 saturated heterocycles. The molecule has 1 amide bonds. The van der Waals surface area contributed by atoms with Crippen molar-refractivity contribution in [2.45, 2.75) is 48.4 Å². The summed E-state index contributed by atoms with van der Waals surface area (Å²) in [5, 5.41) is 0. The quantitative estimate of drug-likeness (QED) is 0.584. The van der Waals surface area contributed by atoms with Crippen molar-refractivity contribution in [1.82, 2.24) is 4.90 Å². The van der Waals surface area contributed by atoms with E-state index in [-0.39, 0.29) is 29.9 Å². The number of benzene rings is 1. The van der Waals surface area contributed by atoms with Gasteiger partial charge < -0.3 is 9.64 Å². The van der Waals surface area contributed by atoms with Crippen LogP contribution in [0.5, 0.6) is 0 Å². The van der Waals surface area contributed by atoms with Gasteiger partial charge in [0.1, 0.15) is 10.4 Å². The van der Waals surface area contributed by atoms with Gasteiger partial charge in [0.25, 0.3) is 0 Å². The Morgan fingerprint density at radius 1 is 1.38 bits per heavy atom. The van der Waals surface area contributed by atoms with Crippen molar-refractivity contribution in [1.29, 1.82) is 0 Å². The number of carbonyl (C=O) groups is 1. The van der Waals surface area contributed by atoms with Crippen LogP contribution in [0, 0.1) is 11.8 Å². The van der Waals surface area contributed by atoms with Crippen molar-refractivity contribution in [2.75, 3.05) is 0 Å². The Labute approximate surface area is 152 Å². The maximum Gasteiger partial charge on any atom is 0.229 e. The van der Waals surface area contributed by atoms with Gasteiger partial charge in [-0.05, 0) is 24.8 Å². The van der Waals surface area contributed by atoms with Gasteiger partial charge >= 0.3 is 0 Å². The number of hydrogen-bond acceptors (Lipinski definition) is 2. The van der Waals surface area contributed by atoms with Crippen LogP contribution in [-0.2, 0) is 16.1 Å². The maximum atomic E-state index is 13.1. The number of hydrogen-bond donors (Lipinski definition) is 0. The van der Waals surface area contributed by atoms with E-state index in [1.165, 1.54) is 0 Å². The van der Waals surface area contributed by atoms with Gasteiger partial charge in [0, 0.05) is 12.5 Å². The third kappa shape index (κ3) is 2.33. The summed E-state index contributed by atoms with van der Waals surface area (Å²) in [5.74, 6) is 0.244. The second kappa shape index (κ2) is 6.05. The molecule has 3 aliphatic rings. The van der Waals surface area contributed by atoms with Gasteiger partial charge in [-0.2, -0.15) is 0 Å². The minimum atomic E-state index is -0.447. The molecule has 2 bridgehead atoms. The third-order valence-electron chi connectivity index (χ3n) is 5.89. The fourth-order valence-electron chi connectivity index (χ4n) is 4.87. The van der Waals surface area contributed by atoms with Gasteiger partial charge in [-0.3, -0.25) is 4.79 Å². The molecule has 3 fully saturated rings. The van der Waals surface area contributed by atoms with Crippen LogP contribution in [0.4, 0.5) is 0 Å². The second-order valence-corrected chi connectivity index (χ2v) is 8.26. The van der Waals surface area contributed by atoms with Crippen LogP contribution in [-0.4, -0.2) is 33.4 Å². The number of likely N-dealkylation sites (tertiary alicyclic amines) is 1. The highest BCUT2D eigenvalue weighted by atomic mass is 35.5. The fraction of sp³-hybridized carbons (Fsp3) is 0.526. The van der Waals surface area contributed by atoms with Gasteiger partial charge in [-0.25, -0.2) is 0 Å². The Morgan fingerprint density at radius 3 is 2.79 bits per heavy atom. The standard InChI is InChI=1S/C19H21Cl2NO2/c1-2-6-16-19-10-13(17(20)21)15(24-19)9-14(19)18(23)22(16)11-12-7-4-3-5-8-12/h2-5,7-8,13-17H,1,6,9-11H2/t13-,14+,15+,16-,19+/m0/s1. The number of carbonyl (C=O) groups excluding carboxylic acids is 1. The predicted octanol–water partition coefficient (Wildman–Crippen LogP) is 3.94. The summed E-state index contributed by atoms with van der Waals surface area (Å²) in [5.41, 5.74) is 0.687. The molecule has 0 radical (unpaired) electrons. The highest BCUT2D eigenvalue weighted by Crippen LogP contribution is 2.59. The monoisotopic (exact) mass is 365 g/mol. The summed E-state index contributed by atoms with van der Waals surface area (Å²) in [7, 11) is 0. The number of halogens is 2. The molecule has 5 heteroatoms. The van der Waals surface area contributed by atoms with Gasteiger partial charge in [0.2, 0.25) is 5.91 Å². The maximum absolute atomic E-state index is 13.1. The van der Waals surface area contributed by atoms with E-state index in [1.807, 2.05) is 29.2 Å². The zero-order valence-electron chi connectivity index (χ0n) is 13.4. The van der Waals surface area contributed by atoms with Crippen molar-refractivity contribution in [3.8, 4) is 0 Å². The normalized spacial score (nSPS) is 37.3. The number of nitrogens with zero attached hydrogens (tertiary/aromatic N) is 1. The minimum Gasteiger partial charge on any atom is -0.368 e. The number of rotatable bonds is 5. The molecule has 3 aliphatic heterocycles. The summed E-state index contributed by atoms with van der Waals surface area (Å²) in [6, 6.07) is 10.1. The molecule has 4 rings (SSSR count). The Balaban J connectivity index is 1.65. The zero-order valence-corrected chi connectivity index (χ0v) is 14.9. The minimum absolute atomic E-state index is 0.00476. The summed E-state index contributed by atoms with van der Waals surface area (Å²) >= 11 is 12.3. The van der Waals surface area contributed by atoms with Gasteiger partial charge in [-0.15, -0.1) is 29.8 Å². The van der Waals surface area contributed by atoms with E-state index in [0.29, 0.717) is 6.54 Å². The van der Waals surface area contributed by atoms with Crippen molar-refractivity contribution < 1.29 is 9.53 Å². The molecule has 1 spiro atoms. The van der Waals surface area contributed by atoms with Crippen LogP contribution >= 0.6 is 23.2 Å². The lowest BCUT2D eigenvalue weighted by Crippen LogP contribution is -2.45. The lowest BCUT2D eigenvalue weighted by molar-refractivity contribution is -0.132. The highest BCUT2D eigenvalue weighted by molar-refractivity contribution is 6.44. The van der Waals surface area contributed by atoms with E-state index in [4.69, 9.17) is 27.9 Å². The van der Waals surface area contributed by atoms with Crippen LogP contribution in [0.1, 0.15) is 24.8 Å². The topological polar surface area (TPSA) is 29.5 Å². The smallest absolute Gasteiger partial charge is 0.229 e. The Bertz CT molecular complexity index is 650. The van der Waals surface area contributed by atoms with Crippen LogP contribution in [0.2, 0.25) is 0 Å². The molecule has 5 atom stereocenters. The van der Waals surface area contributed by atoms with Crippen LogP contribution in [0.15, 0.2) is 43.0 Å². The van der Waals surface area contributed by atoms with Crippen LogP contribution in [0.25, 0.3) is 0 Å². The van der Waals surface area contributed by atoms with Gasteiger partial charge in [0.15, 0.2) is 0 Å². The molecule has 3 nitrogen and oxygen atoms in total. The second-order valence-electron chi connectivity index (χ2n) is 7.09. The Kier molecular flexibility index (Phi) is 4.14. The Morgan fingerprint density at radius 2 is 2.12 bits per heavy atom. The predicted molar refractivity (Wildman–Crippen MR) is 94.9 cm³/mol. The van der Waals surface area contributed by atoms with Gasteiger partial charge in [0.05, 0.1) is 18.1 Å². The molecule has 0 unspecified atom stereocenters. The molecular weight excluding hydrogens is 345 g/mol. The first-order chi connectivity index (χ1) is 11.6. The largest absolute Gasteiger partial charge is 0.368 e. The molecule has 0 N–H and O–H groups in total. The first-order valence-electron chi connectivity index (χ1n) is 8.48. The average Bonchev–Trinajstić information content (AvgIpc) is 3.20. The van der Waals surface area contributed by atoms with E-state index >= 15 is 0 Å². The summed E-state index contributed by atoms with van der Waals surface area (Å²) in [6.45, 7) is 4.50. The molecule has 1 aromatic rings. The molecule has 24 heavy (non-hydrogen) atoms. The molecule has 3 heterocycles. The molecule has 128 valence electrons. The molecule has 0 aliphatic carbocycles. The van der Waals surface area contributed by atoms with Crippen LogP contribution < -0.4 is 0 Å². The molecule has 0 aromatic heterocycles.